The van der Waals surface area contributed by atoms with Gasteiger partial charge >= 0.3 is 6.18 Å². The molecule has 0 saturated heterocycles. The first kappa shape index (κ1) is 18.8. The first-order valence-corrected chi connectivity index (χ1v) is 8.56. The van der Waals surface area contributed by atoms with Crippen LogP contribution in [0.25, 0.3) is 5.65 Å². The normalized spacial score (nSPS) is 13.3. The van der Waals surface area contributed by atoms with Crippen molar-refractivity contribution in [3.63, 3.8) is 0 Å². The summed E-state index contributed by atoms with van der Waals surface area (Å²) in [6.45, 7) is 0. The van der Waals surface area contributed by atoms with Crippen LogP contribution in [0.5, 0.6) is 5.88 Å². The molecule has 0 amide bonds. The van der Waals surface area contributed by atoms with Crippen molar-refractivity contribution >= 4 is 29.2 Å². The third-order valence-electron chi connectivity index (χ3n) is 3.61. The van der Waals surface area contributed by atoms with Crippen molar-refractivity contribution in [2.45, 2.75) is 17.2 Å². The molecule has 0 aliphatic carbocycles. The molecule has 1 unspecified atom stereocenters. The van der Waals surface area contributed by atoms with E-state index in [-0.39, 0.29) is 5.56 Å². The van der Waals surface area contributed by atoms with Crippen molar-refractivity contribution < 1.29 is 17.9 Å². The molecular formula is C16H14ClF3N4OS. The van der Waals surface area contributed by atoms with Crippen LogP contribution in [0.4, 0.5) is 13.2 Å². The zero-order valence-electron chi connectivity index (χ0n) is 13.7. The van der Waals surface area contributed by atoms with Gasteiger partial charge in [-0.25, -0.2) is 13.8 Å². The quantitative estimate of drug-likeness (QED) is 0.582. The third kappa shape index (κ3) is 3.89. The number of benzene rings is 1. The van der Waals surface area contributed by atoms with Crippen LogP contribution in [0.1, 0.15) is 11.6 Å². The van der Waals surface area contributed by atoms with Gasteiger partial charge in [-0.15, -0.1) is 5.10 Å². The number of halogens is 4. The minimum absolute atomic E-state index is 0.0938. The Morgan fingerprint density at radius 1 is 1.19 bits per heavy atom. The number of imidazole rings is 1. The summed E-state index contributed by atoms with van der Waals surface area (Å²) in [6, 6.07) is 7.11. The molecule has 0 spiro atoms. The van der Waals surface area contributed by atoms with Crippen molar-refractivity contribution in [3.05, 3.63) is 53.2 Å². The molecular weight excluding hydrogens is 389 g/mol. The fraction of sp³-hybridized carbons (Fsp3) is 0.250. The standard InChI is InChI=1S/C16H14ClF3N4OS/c1-23(15(16(18,19)20)10-3-5-11(17)6-4-10)26-14-9-21-12-7-8-13(25-2)22-24(12)14/h3-9,15H,1-2H3. The number of aromatic nitrogens is 3. The fourth-order valence-corrected chi connectivity index (χ4v) is 3.54. The molecule has 0 aliphatic heterocycles. The molecule has 0 bridgehead atoms. The molecule has 1 aromatic carbocycles. The van der Waals surface area contributed by atoms with Gasteiger partial charge < -0.3 is 4.74 Å². The Hall–Kier alpha value is -1.97. The predicted octanol–water partition coefficient (Wildman–Crippen LogP) is 4.63. The van der Waals surface area contributed by atoms with E-state index in [9.17, 15) is 13.2 Å². The maximum atomic E-state index is 13.7. The molecule has 138 valence electrons. The van der Waals surface area contributed by atoms with E-state index in [1.54, 1.807) is 12.1 Å². The van der Waals surface area contributed by atoms with Gasteiger partial charge in [0.1, 0.15) is 11.1 Å². The van der Waals surface area contributed by atoms with E-state index in [1.807, 2.05) is 0 Å². The molecule has 2 heterocycles. The van der Waals surface area contributed by atoms with Gasteiger partial charge in [-0.2, -0.15) is 13.2 Å². The van der Waals surface area contributed by atoms with E-state index in [1.165, 1.54) is 49.1 Å². The van der Waals surface area contributed by atoms with Crippen molar-refractivity contribution in [2.24, 2.45) is 0 Å². The topological polar surface area (TPSA) is 42.7 Å². The van der Waals surface area contributed by atoms with Gasteiger partial charge in [-0.1, -0.05) is 23.7 Å². The Bertz CT molecular complexity index is 901. The summed E-state index contributed by atoms with van der Waals surface area (Å²) < 4.78 is 48.6. The van der Waals surface area contributed by atoms with E-state index >= 15 is 0 Å². The molecule has 0 N–H and O–H groups in total. The van der Waals surface area contributed by atoms with Gasteiger partial charge in [0.05, 0.1) is 13.3 Å². The van der Waals surface area contributed by atoms with Crippen molar-refractivity contribution in [3.8, 4) is 5.88 Å². The van der Waals surface area contributed by atoms with Crippen LogP contribution in [0.3, 0.4) is 0 Å². The van der Waals surface area contributed by atoms with Gasteiger partial charge in [0.2, 0.25) is 5.88 Å². The second-order valence-electron chi connectivity index (χ2n) is 5.38. The van der Waals surface area contributed by atoms with Gasteiger partial charge in [-0.05, 0) is 42.8 Å². The monoisotopic (exact) mass is 402 g/mol. The summed E-state index contributed by atoms with van der Waals surface area (Å²) in [7, 11) is 2.83. The summed E-state index contributed by atoms with van der Waals surface area (Å²) in [5.41, 5.74) is 0.605. The van der Waals surface area contributed by atoms with Crippen LogP contribution in [0.2, 0.25) is 5.02 Å². The van der Waals surface area contributed by atoms with E-state index in [0.29, 0.717) is 21.6 Å². The lowest BCUT2D eigenvalue weighted by Crippen LogP contribution is -2.32. The highest BCUT2D eigenvalue weighted by Crippen LogP contribution is 2.42. The lowest BCUT2D eigenvalue weighted by Gasteiger charge is -2.28. The van der Waals surface area contributed by atoms with Crippen LogP contribution in [-0.4, -0.2) is 39.2 Å². The Morgan fingerprint density at radius 2 is 1.88 bits per heavy atom. The average molecular weight is 403 g/mol. The summed E-state index contributed by atoms with van der Waals surface area (Å²) in [5.74, 6) is 0.338. The van der Waals surface area contributed by atoms with Crippen molar-refractivity contribution in [2.75, 3.05) is 14.2 Å². The number of fused-ring (bicyclic) bond motifs is 1. The molecule has 5 nitrogen and oxygen atoms in total. The highest BCUT2D eigenvalue weighted by molar-refractivity contribution is 7.97. The second kappa shape index (κ2) is 7.34. The van der Waals surface area contributed by atoms with Gasteiger partial charge in [-0.3, -0.25) is 0 Å². The summed E-state index contributed by atoms with van der Waals surface area (Å²) in [4.78, 5) is 4.15. The van der Waals surface area contributed by atoms with Gasteiger partial charge in [0.25, 0.3) is 0 Å². The Kier molecular flexibility index (Phi) is 5.31. The van der Waals surface area contributed by atoms with Crippen LogP contribution < -0.4 is 4.74 Å². The van der Waals surface area contributed by atoms with Crippen LogP contribution in [0.15, 0.2) is 47.6 Å². The van der Waals surface area contributed by atoms with E-state index in [0.717, 1.165) is 16.3 Å². The average Bonchev–Trinajstić information content (AvgIpc) is 2.97. The maximum absolute atomic E-state index is 13.7. The molecule has 0 fully saturated rings. The molecule has 3 aromatic rings. The van der Waals surface area contributed by atoms with Gasteiger partial charge in [0, 0.05) is 11.1 Å². The van der Waals surface area contributed by atoms with Crippen molar-refractivity contribution in [1.29, 1.82) is 0 Å². The molecule has 1 atom stereocenters. The molecule has 0 saturated carbocycles. The lowest BCUT2D eigenvalue weighted by molar-refractivity contribution is -0.169. The lowest BCUT2D eigenvalue weighted by atomic mass is 10.1. The zero-order chi connectivity index (χ0) is 18.9. The number of methoxy groups -OCH3 is 1. The predicted molar refractivity (Wildman–Crippen MR) is 93.4 cm³/mol. The zero-order valence-corrected chi connectivity index (χ0v) is 15.3. The second-order valence-corrected chi connectivity index (χ2v) is 6.99. The first-order valence-electron chi connectivity index (χ1n) is 7.41. The minimum atomic E-state index is -4.47. The third-order valence-corrected chi connectivity index (χ3v) is 4.83. The highest BCUT2D eigenvalue weighted by Gasteiger charge is 2.44. The molecule has 0 radical (unpaired) electrons. The Morgan fingerprint density at radius 3 is 2.50 bits per heavy atom. The molecule has 3 rings (SSSR count). The highest BCUT2D eigenvalue weighted by atomic mass is 35.5. The first-order chi connectivity index (χ1) is 12.3. The molecule has 0 aliphatic rings. The van der Waals surface area contributed by atoms with Crippen LogP contribution >= 0.6 is 23.5 Å². The number of nitrogens with zero attached hydrogens (tertiary/aromatic N) is 4. The Labute approximate surface area is 156 Å². The summed E-state index contributed by atoms with van der Waals surface area (Å²) in [5, 5.41) is 5.01. The largest absolute Gasteiger partial charge is 0.480 e. The van der Waals surface area contributed by atoms with Crippen LogP contribution in [0, 0.1) is 0 Å². The maximum Gasteiger partial charge on any atom is 0.408 e. The number of alkyl halides is 3. The number of rotatable bonds is 5. The smallest absolute Gasteiger partial charge is 0.408 e. The fourth-order valence-electron chi connectivity index (χ4n) is 2.46. The minimum Gasteiger partial charge on any atom is -0.480 e. The molecule has 2 aromatic heterocycles. The van der Waals surface area contributed by atoms with E-state index in [4.69, 9.17) is 16.3 Å². The number of ether oxygens (including phenoxy) is 1. The van der Waals surface area contributed by atoms with E-state index < -0.39 is 12.2 Å². The number of hydrogen-bond donors (Lipinski definition) is 0. The number of hydrogen-bond acceptors (Lipinski definition) is 5. The molecule has 26 heavy (non-hydrogen) atoms. The summed E-state index contributed by atoms with van der Waals surface area (Å²) in [6.07, 6.45) is -3.00. The van der Waals surface area contributed by atoms with Gasteiger partial charge in [0.15, 0.2) is 5.65 Å². The Balaban J connectivity index is 1.93. The van der Waals surface area contributed by atoms with E-state index in [2.05, 4.69) is 10.1 Å². The van der Waals surface area contributed by atoms with Crippen molar-refractivity contribution in [1.82, 2.24) is 18.9 Å². The molecule has 10 heteroatoms. The SMILES string of the molecule is COc1ccc2ncc(SN(C)C(c3ccc(Cl)cc3)C(F)(F)F)n2n1. The summed E-state index contributed by atoms with van der Waals surface area (Å²) >= 11 is 6.68. The van der Waals surface area contributed by atoms with Crippen LogP contribution in [-0.2, 0) is 0 Å².